The second kappa shape index (κ2) is 7.30. The molecule has 1 aromatic heterocycles. The first-order valence-electron chi connectivity index (χ1n) is 8.10. The van der Waals surface area contributed by atoms with Gasteiger partial charge < -0.3 is 10.4 Å². The summed E-state index contributed by atoms with van der Waals surface area (Å²) in [6.45, 7) is 1.91. The molecule has 2 heterocycles. The Morgan fingerprint density at radius 1 is 1.27 bits per heavy atom. The van der Waals surface area contributed by atoms with Gasteiger partial charge in [-0.05, 0) is 31.7 Å². The zero-order chi connectivity index (χ0) is 15.5. The van der Waals surface area contributed by atoms with Gasteiger partial charge in [-0.3, -0.25) is 9.69 Å². The van der Waals surface area contributed by atoms with Crippen LogP contribution in [0.15, 0.2) is 11.4 Å². The van der Waals surface area contributed by atoms with Gasteiger partial charge in [0.05, 0.1) is 16.0 Å². The summed E-state index contributed by atoms with van der Waals surface area (Å²) in [5.74, 6) is -0.0284. The molecule has 6 heteroatoms. The molecule has 2 N–H and O–H groups in total. The molecule has 1 aliphatic carbocycles. The number of amides is 1. The molecule has 0 aromatic carbocycles. The summed E-state index contributed by atoms with van der Waals surface area (Å²) < 4.78 is 0.645. The Morgan fingerprint density at radius 3 is 2.64 bits per heavy atom. The molecule has 1 aliphatic heterocycles. The Balaban J connectivity index is 1.48. The predicted molar refractivity (Wildman–Crippen MR) is 89.7 cm³/mol. The van der Waals surface area contributed by atoms with E-state index in [1.165, 1.54) is 17.8 Å². The second-order valence-electron chi connectivity index (χ2n) is 6.34. The highest BCUT2D eigenvalue weighted by Gasteiger charge is 2.31. The van der Waals surface area contributed by atoms with E-state index >= 15 is 0 Å². The van der Waals surface area contributed by atoms with Crippen molar-refractivity contribution in [3.8, 4) is 0 Å². The molecule has 0 radical (unpaired) electrons. The standard InChI is InChI=1S/C16H23ClN2O2S/c17-15-9-11(10-22-15)16(21)18-12-5-7-19(8-6-12)13-3-1-2-4-14(13)20/h9-10,12-14,20H,1-8H2,(H,18,21)/t13-,14-/m1/s1. The van der Waals surface area contributed by atoms with E-state index in [-0.39, 0.29) is 18.1 Å². The zero-order valence-corrected chi connectivity index (χ0v) is 14.2. The van der Waals surface area contributed by atoms with Crippen molar-refractivity contribution in [1.82, 2.24) is 10.2 Å². The van der Waals surface area contributed by atoms with Gasteiger partial charge in [-0.25, -0.2) is 0 Å². The van der Waals surface area contributed by atoms with Crippen molar-refractivity contribution in [2.45, 2.75) is 56.7 Å². The largest absolute Gasteiger partial charge is 0.391 e. The molecule has 3 rings (SSSR count). The molecule has 1 amide bonds. The summed E-state index contributed by atoms with van der Waals surface area (Å²) in [5.41, 5.74) is 0.653. The zero-order valence-electron chi connectivity index (χ0n) is 12.6. The van der Waals surface area contributed by atoms with Gasteiger partial charge in [0, 0.05) is 30.6 Å². The SMILES string of the molecule is O=C(NC1CCN([C@@H]2CCCC[C@H]2O)CC1)c1csc(Cl)c1. The molecular weight excluding hydrogens is 320 g/mol. The van der Waals surface area contributed by atoms with Crippen LogP contribution in [0, 0.1) is 0 Å². The number of halogens is 1. The number of carbonyl (C=O) groups is 1. The summed E-state index contributed by atoms with van der Waals surface area (Å²) in [5, 5.41) is 15.1. The summed E-state index contributed by atoms with van der Waals surface area (Å²) in [6, 6.07) is 2.26. The van der Waals surface area contributed by atoms with Crippen molar-refractivity contribution < 1.29 is 9.90 Å². The summed E-state index contributed by atoms with van der Waals surface area (Å²) in [7, 11) is 0. The molecule has 4 nitrogen and oxygen atoms in total. The quantitative estimate of drug-likeness (QED) is 0.888. The van der Waals surface area contributed by atoms with Crippen LogP contribution in [0.1, 0.15) is 48.9 Å². The lowest BCUT2D eigenvalue weighted by Crippen LogP contribution is -2.52. The van der Waals surface area contributed by atoms with Gasteiger partial charge in [0.15, 0.2) is 0 Å². The Morgan fingerprint density at radius 2 is 2.00 bits per heavy atom. The van der Waals surface area contributed by atoms with E-state index in [9.17, 15) is 9.90 Å². The normalized spacial score (nSPS) is 27.7. The summed E-state index contributed by atoms with van der Waals surface area (Å²) in [6.07, 6.45) is 6.13. The van der Waals surface area contributed by atoms with Crippen molar-refractivity contribution in [3.05, 3.63) is 21.3 Å². The minimum absolute atomic E-state index is 0.0284. The van der Waals surface area contributed by atoms with Crippen LogP contribution in [-0.4, -0.2) is 47.2 Å². The van der Waals surface area contributed by atoms with Gasteiger partial charge in [0.2, 0.25) is 0 Å². The molecule has 1 saturated heterocycles. The van der Waals surface area contributed by atoms with Crippen molar-refractivity contribution in [3.63, 3.8) is 0 Å². The lowest BCUT2D eigenvalue weighted by atomic mass is 9.89. The average Bonchev–Trinajstić information content (AvgIpc) is 2.95. The lowest BCUT2D eigenvalue weighted by Gasteiger charge is -2.41. The number of rotatable bonds is 3. The van der Waals surface area contributed by atoms with Crippen molar-refractivity contribution in [1.29, 1.82) is 0 Å². The predicted octanol–water partition coefficient (Wildman–Crippen LogP) is 2.90. The van der Waals surface area contributed by atoms with Gasteiger partial charge in [-0.1, -0.05) is 24.4 Å². The topological polar surface area (TPSA) is 52.6 Å². The van der Waals surface area contributed by atoms with E-state index in [4.69, 9.17) is 11.6 Å². The first kappa shape index (κ1) is 16.2. The Bertz CT molecular complexity index is 514. The fraction of sp³-hybridized carbons (Fsp3) is 0.688. The van der Waals surface area contributed by atoms with Crippen LogP contribution in [0.25, 0.3) is 0 Å². The maximum Gasteiger partial charge on any atom is 0.252 e. The molecule has 22 heavy (non-hydrogen) atoms. The van der Waals surface area contributed by atoms with Crippen LogP contribution in [0.3, 0.4) is 0 Å². The molecular formula is C16H23ClN2O2S. The van der Waals surface area contributed by atoms with Gasteiger partial charge in [0.1, 0.15) is 0 Å². The molecule has 0 bridgehead atoms. The van der Waals surface area contributed by atoms with Crippen molar-refractivity contribution in [2.75, 3.05) is 13.1 Å². The van der Waals surface area contributed by atoms with E-state index in [1.807, 2.05) is 0 Å². The first-order valence-corrected chi connectivity index (χ1v) is 9.36. The van der Waals surface area contributed by atoms with E-state index in [1.54, 1.807) is 11.4 Å². The smallest absolute Gasteiger partial charge is 0.252 e. The summed E-state index contributed by atoms with van der Waals surface area (Å²) in [4.78, 5) is 14.6. The molecule has 1 saturated carbocycles. The molecule has 0 unspecified atom stereocenters. The van der Waals surface area contributed by atoms with Crippen LogP contribution >= 0.6 is 22.9 Å². The van der Waals surface area contributed by atoms with Crippen molar-refractivity contribution in [2.24, 2.45) is 0 Å². The van der Waals surface area contributed by atoms with Crippen molar-refractivity contribution >= 4 is 28.8 Å². The molecule has 2 fully saturated rings. The highest BCUT2D eigenvalue weighted by atomic mass is 35.5. The average molecular weight is 343 g/mol. The molecule has 2 atom stereocenters. The van der Waals surface area contributed by atoms with Crippen LogP contribution in [0.4, 0.5) is 0 Å². The van der Waals surface area contributed by atoms with E-state index in [2.05, 4.69) is 10.2 Å². The van der Waals surface area contributed by atoms with E-state index in [0.717, 1.165) is 45.2 Å². The number of nitrogens with one attached hydrogen (secondary N) is 1. The second-order valence-corrected chi connectivity index (χ2v) is 7.88. The van der Waals surface area contributed by atoms with Gasteiger partial charge in [-0.15, -0.1) is 11.3 Å². The minimum Gasteiger partial charge on any atom is -0.391 e. The van der Waals surface area contributed by atoms with Crippen LogP contribution < -0.4 is 5.32 Å². The first-order chi connectivity index (χ1) is 10.6. The number of aliphatic hydroxyl groups is 1. The minimum atomic E-state index is -0.173. The maximum atomic E-state index is 12.1. The van der Waals surface area contributed by atoms with Crippen LogP contribution in [0.2, 0.25) is 4.34 Å². The number of carbonyl (C=O) groups excluding carboxylic acids is 1. The highest BCUT2D eigenvalue weighted by molar-refractivity contribution is 7.14. The third kappa shape index (κ3) is 3.82. The highest BCUT2D eigenvalue weighted by Crippen LogP contribution is 2.26. The fourth-order valence-electron chi connectivity index (χ4n) is 3.59. The molecule has 1 aromatic rings. The summed E-state index contributed by atoms with van der Waals surface area (Å²) >= 11 is 7.26. The molecule has 2 aliphatic rings. The van der Waals surface area contributed by atoms with E-state index in [0.29, 0.717) is 15.9 Å². The fourth-order valence-corrected chi connectivity index (χ4v) is 4.45. The number of nitrogens with zero attached hydrogens (tertiary/aromatic N) is 1. The number of hydrogen-bond donors (Lipinski definition) is 2. The number of piperidine rings is 1. The lowest BCUT2D eigenvalue weighted by molar-refractivity contribution is 0.00728. The maximum absolute atomic E-state index is 12.1. The Labute approximate surface area is 140 Å². The number of thiophene rings is 1. The van der Waals surface area contributed by atoms with E-state index < -0.39 is 0 Å². The van der Waals surface area contributed by atoms with Gasteiger partial charge in [-0.2, -0.15) is 0 Å². The third-order valence-electron chi connectivity index (χ3n) is 4.86. The van der Waals surface area contributed by atoms with Gasteiger partial charge >= 0.3 is 0 Å². The molecule has 0 spiro atoms. The Hall–Kier alpha value is -0.620. The number of aliphatic hydroxyl groups excluding tert-OH is 1. The Kier molecular flexibility index (Phi) is 5.39. The molecule has 122 valence electrons. The van der Waals surface area contributed by atoms with Crippen LogP contribution in [-0.2, 0) is 0 Å². The number of likely N-dealkylation sites (tertiary alicyclic amines) is 1. The number of hydrogen-bond acceptors (Lipinski definition) is 4. The monoisotopic (exact) mass is 342 g/mol. The third-order valence-corrected chi connectivity index (χ3v) is 5.95. The van der Waals surface area contributed by atoms with Gasteiger partial charge in [0.25, 0.3) is 5.91 Å². The van der Waals surface area contributed by atoms with Crippen LogP contribution in [0.5, 0.6) is 0 Å².